The van der Waals surface area contributed by atoms with Crippen LogP contribution in [0.25, 0.3) is 0 Å². The Morgan fingerprint density at radius 1 is 1.05 bits per heavy atom. The lowest BCUT2D eigenvalue weighted by Crippen LogP contribution is -2.54. The van der Waals surface area contributed by atoms with Crippen molar-refractivity contribution in [1.29, 1.82) is 0 Å². The molecule has 0 bridgehead atoms. The van der Waals surface area contributed by atoms with Crippen LogP contribution in [0.5, 0.6) is 5.75 Å². The van der Waals surface area contributed by atoms with Crippen molar-refractivity contribution in [3.63, 3.8) is 0 Å². The molecule has 2 heteroatoms. The van der Waals surface area contributed by atoms with E-state index in [1.807, 2.05) is 7.11 Å². The van der Waals surface area contributed by atoms with Crippen molar-refractivity contribution in [1.82, 2.24) is 5.32 Å². The van der Waals surface area contributed by atoms with Crippen molar-refractivity contribution in [2.45, 2.75) is 50.4 Å². The summed E-state index contributed by atoms with van der Waals surface area (Å²) in [6, 6.07) is 7.04. The molecule has 2 aliphatic carbocycles. The molecule has 1 N–H and O–H groups in total. The Hall–Kier alpha value is -1.02. The SMILES string of the molecule is COc1cc(C2CCC3(CC2)CNC3)ccc1C1CC1. The van der Waals surface area contributed by atoms with Crippen molar-refractivity contribution in [2.24, 2.45) is 5.41 Å². The van der Waals surface area contributed by atoms with Gasteiger partial charge in [0.15, 0.2) is 0 Å². The molecular weight excluding hydrogens is 246 g/mol. The normalized spacial score (nSPS) is 25.4. The summed E-state index contributed by atoms with van der Waals surface area (Å²) >= 11 is 0. The van der Waals surface area contributed by atoms with Crippen LogP contribution in [0.4, 0.5) is 0 Å². The number of hydrogen-bond donors (Lipinski definition) is 1. The van der Waals surface area contributed by atoms with Gasteiger partial charge in [-0.05, 0) is 73.0 Å². The zero-order valence-electron chi connectivity index (χ0n) is 12.5. The summed E-state index contributed by atoms with van der Waals surface area (Å²) in [6.45, 7) is 2.51. The highest BCUT2D eigenvalue weighted by atomic mass is 16.5. The van der Waals surface area contributed by atoms with Gasteiger partial charge in [-0.25, -0.2) is 0 Å². The predicted molar refractivity (Wildman–Crippen MR) is 81.5 cm³/mol. The summed E-state index contributed by atoms with van der Waals surface area (Å²) in [4.78, 5) is 0. The molecule has 0 aromatic heterocycles. The van der Waals surface area contributed by atoms with E-state index in [-0.39, 0.29) is 0 Å². The molecule has 1 aromatic rings. The number of ether oxygens (including phenoxy) is 1. The van der Waals surface area contributed by atoms with E-state index in [9.17, 15) is 0 Å². The standard InChI is InChI=1S/C18H25NO/c1-20-17-10-15(4-5-16(17)14-2-3-14)13-6-8-18(9-7-13)11-19-12-18/h4-5,10,13-14,19H,2-3,6-9,11-12H2,1H3. The van der Waals surface area contributed by atoms with Gasteiger partial charge in [0.05, 0.1) is 7.11 Å². The Kier molecular flexibility index (Phi) is 3.03. The zero-order valence-corrected chi connectivity index (χ0v) is 12.5. The monoisotopic (exact) mass is 271 g/mol. The summed E-state index contributed by atoms with van der Waals surface area (Å²) in [5, 5.41) is 3.45. The first-order valence-electron chi connectivity index (χ1n) is 8.18. The molecule has 108 valence electrons. The van der Waals surface area contributed by atoms with Crippen molar-refractivity contribution < 1.29 is 4.74 Å². The Balaban J connectivity index is 1.50. The minimum absolute atomic E-state index is 0.661. The van der Waals surface area contributed by atoms with Gasteiger partial charge in [-0.1, -0.05) is 12.1 Å². The molecule has 1 spiro atoms. The van der Waals surface area contributed by atoms with Crippen molar-refractivity contribution in [2.75, 3.05) is 20.2 Å². The van der Waals surface area contributed by atoms with Gasteiger partial charge < -0.3 is 10.1 Å². The third-order valence-corrected chi connectivity index (χ3v) is 5.79. The zero-order chi connectivity index (χ0) is 13.6. The summed E-state index contributed by atoms with van der Waals surface area (Å²) in [5.41, 5.74) is 3.61. The lowest BCUT2D eigenvalue weighted by molar-refractivity contribution is 0.0975. The molecule has 1 aromatic carbocycles. The van der Waals surface area contributed by atoms with Gasteiger partial charge in [0, 0.05) is 13.1 Å². The average Bonchev–Trinajstić information content (AvgIpc) is 3.30. The van der Waals surface area contributed by atoms with Gasteiger partial charge in [-0.3, -0.25) is 0 Å². The molecule has 1 heterocycles. The Morgan fingerprint density at radius 3 is 2.35 bits per heavy atom. The predicted octanol–water partition coefficient (Wildman–Crippen LogP) is 3.82. The van der Waals surface area contributed by atoms with E-state index < -0.39 is 0 Å². The summed E-state index contributed by atoms with van der Waals surface area (Å²) < 4.78 is 5.64. The molecular formula is C18H25NO. The van der Waals surface area contributed by atoms with Crippen LogP contribution in [-0.2, 0) is 0 Å². The minimum Gasteiger partial charge on any atom is -0.496 e. The summed E-state index contributed by atoms with van der Waals surface area (Å²) in [7, 11) is 1.82. The highest BCUT2D eigenvalue weighted by Gasteiger charge is 2.40. The summed E-state index contributed by atoms with van der Waals surface area (Å²) in [6.07, 6.45) is 8.19. The van der Waals surface area contributed by atoms with Gasteiger partial charge in [-0.15, -0.1) is 0 Å². The van der Waals surface area contributed by atoms with Crippen LogP contribution in [-0.4, -0.2) is 20.2 Å². The maximum absolute atomic E-state index is 5.64. The van der Waals surface area contributed by atoms with Gasteiger partial charge in [-0.2, -0.15) is 0 Å². The molecule has 1 saturated heterocycles. The second-order valence-corrected chi connectivity index (χ2v) is 7.15. The van der Waals surface area contributed by atoms with Crippen LogP contribution in [0, 0.1) is 5.41 Å². The fraction of sp³-hybridized carbons (Fsp3) is 0.667. The number of benzene rings is 1. The molecule has 3 aliphatic rings. The second kappa shape index (κ2) is 4.77. The highest BCUT2D eigenvalue weighted by Crippen LogP contribution is 2.48. The quantitative estimate of drug-likeness (QED) is 0.902. The van der Waals surface area contributed by atoms with E-state index in [0.29, 0.717) is 5.41 Å². The van der Waals surface area contributed by atoms with E-state index in [0.717, 1.165) is 17.6 Å². The fourth-order valence-electron chi connectivity index (χ4n) is 4.11. The van der Waals surface area contributed by atoms with Crippen molar-refractivity contribution >= 4 is 0 Å². The third-order valence-electron chi connectivity index (χ3n) is 5.79. The molecule has 0 radical (unpaired) electrons. The molecule has 1 aliphatic heterocycles. The first kappa shape index (κ1) is 12.7. The lowest BCUT2D eigenvalue weighted by atomic mass is 9.66. The van der Waals surface area contributed by atoms with Crippen LogP contribution in [0.3, 0.4) is 0 Å². The van der Waals surface area contributed by atoms with Gasteiger partial charge >= 0.3 is 0 Å². The molecule has 4 rings (SSSR count). The van der Waals surface area contributed by atoms with E-state index in [1.165, 1.54) is 62.7 Å². The van der Waals surface area contributed by atoms with Crippen LogP contribution in [0.2, 0.25) is 0 Å². The molecule has 3 fully saturated rings. The van der Waals surface area contributed by atoms with Gasteiger partial charge in [0.2, 0.25) is 0 Å². The largest absolute Gasteiger partial charge is 0.496 e. The highest BCUT2D eigenvalue weighted by molar-refractivity contribution is 5.43. The van der Waals surface area contributed by atoms with E-state index in [2.05, 4.69) is 23.5 Å². The Labute approximate surface area is 121 Å². The maximum atomic E-state index is 5.64. The topological polar surface area (TPSA) is 21.3 Å². The van der Waals surface area contributed by atoms with Crippen LogP contribution >= 0.6 is 0 Å². The smallest absolute Gasteiger partial charge is 0.122 e. The van der Waals surface area contributed by atoms with E-state index >= 15 is 0 Å². The molecule has 0 unspecified atom stereocenters. The first-order valence-corrected chi connectivity index (χ1v) is 8.18. The number of rotatable bonds is 3. The van der Waals surface area contributed by atoms with E-state index in [1.54, 1.807) is 0 Å². The third kappa shape index (κ3) is 2.14. The van der Waals surface area contributed by atoms with Crippen LogP contribution in [0.1, 0.15) is 61.5 Å². The minimum atomic E-state index is 0.661. The summed E-state index contributed by atoms with van der Waals surface area (Å²) in [5.74, 6) is 2.66. The second-order valence-electron chi connectivity index (χ2n) is 7.15. The van der Waals surface area contributed by atoms with Gasteiger partial charge in [0.1, 0.15) is 5.75 Å². The number of hydrogen-bond acceptors (Lipinski definition) is 2. The van der Waals surface area contributed by atoms with Crippen LogP contribution in [0.15, 0.2) is 18.2 Å². The average molecular weight is 271 g/mol. The van der Waals surface area contributed by atoms with Gasteiger partial charge in [0.25, 0.3) is 0 Å². The van der Waals surface area contributed by atoms with Crippen molar-refractivity contribution in [3.05, 3.63) is 29.3 Å². The number of methoxy groups -OCH3 is 1. The lowest BCUT2D eigenvalue weighted by Gasteiger charge is -2.47. The Bertz CT molecular complexity index is 492. The first-order chi connectivity index (χ1) is 9.80. The fourth-order valence-corrected chi connectivity index (χ4v) is 4.11. The number of nitrogens with one attached hydrogen (secondary N) is 1. The molecule has 0 amide bonds. The molecule has 2 saturated carbocycles. The molecule has 2 nitrogen and oxygen atoms in total. The maximum Gasteiger partial charge on any atom is 0.122 e. The molecule has 20 heavy (non-hydrogen) atoms. The van der Waals surface area contributed by atoms with E-state index in [4.69, 9.17) is 4.74 Å². The van der Waals surface area contributed by atoms with Crippen LogP contribution < -0.4 is 10.1 Å². The molecule has 0 atom stereocenters. The van der Waals surface area contributed by atoms with Crippen molar-refractivity contribution in [3.8, 4) is 5.75 Å². The Morgan fingerprint density at radius 2 is 1.80 bits per heavy atom.